The molecule has 186 valence electrons. The van der Waals surface area contributed by atoms with Crippen LogP contribution in [-0.2, 0) is 24.2 Å². The molecule has 0 atom stereocenters. The van der Waals surface area contributed by atoms with Gasteiger partial charge in [0.1, 0.15) is 10.9 Å². The van der Waals surface area contributed by atoms with Gasteiger partial charge in [-0.3, -0.25) is 9.36 Å². The molecule has 0 saturated carbocycles. The van der Waals surface area contributed by atoms with E-state index in [0.29, 0.717) is 66.4 Å². The number of nitrogens with zero attached hydrogens (tertiary/aromatic N) is 5. The van der Waals surface area contributed by atoms with Crippen molar-refractivity contribution < 1.29 is 14.2 Å². The highest BCUT2D eigenvalue weighted by molar-refractivity contribution is 6.04. The Morgan fingerprint density at radius 3 is 2.44 bits per heavy atom. The Hall–Kier alpha value is -3.98. The Balaban J connectivity index is 1.60. The average Bonchev–Trinajstić information content (AvgIpc) is 3.22. The summed E-state index contributed by atoms with van der Waals surface area (Å²) in [7, 11) is 3.24. The van der Waals surface area contributed by atoms with Crippen molar-refractivity contribution >= 4 is 33.2 Å². The van der Waals surface area contributed by atoms with Crippen LogP contribution < -0.4 is 15.0 Å². The van der Waals surface area contributed by atoms with Gasteiger partial charge < -0.3 is 18.8 Å². The molecule has 0 bridgehead atoms. The first kappa shape index (κ1) is 23.7. The van der Waals surface area contributed by atoms with Gasteiger partial charge in [-0.2, -0.15) is 0 Å². The summed E-state index contributed by atoms with van der Waals surface area (Å²) in [6.07, 6.45) is 3.03. The minimum absolute atomic E-state index is 0.115. The second-order valence-electron chi connectivity index (χ2n) is 8.47. The SMILES string of the molecule is CCOCCCn1cnc2c(c1=O)c1nc3ccccc3nc1n2CCc1ccc(OC)c(OC)c1. The van der Waals surface area contributed by atoms with Crippen molar-refractivity contribution in [2.45, 2.75) is 32.9 Å². The van der Waals surface area contributed by atoms with Crippen molar-refractivity contribution in [3.63, 3.8) is 0 Å². The normalized spacial score (nSPS) is 11.5. The molecule has 0 aliphatic rings. The second kappa shape index (κ2) is 10.3. The van der Waals surface area contributed by atoms with Gasteiger partial charge in [0.05, 0.1) is 31.6 Å². The molecule has 0 aliphatic carbocycles. The van der Waals surface area contributed by atoms with Crippen molar-refractivity contribution in [3.8, 4) is 11.5 Å². The van der Waals surface area contributed by atoms with Crippen LogP contribution in [0, 0.1) is 0 Å². The van der Waals surface area contributed by atoms with Crippen LogP contribution in [0.15, 0.2) is 53.6 Å². The lowest BCUT2D eigenvalue weighted by Crippen LogP contribution is -2.21. The van der Waals surface area contributed by atoms with E-state index in [4.69, 9.17) is 29.2 Å². The Morgan fingerprint density at radius 1 is 0.917 bits per heavy atom. The van der Waals surface area contributed by atoms with Gasteiger partial charge in [0, 0.05) is 26.3 Å². The van der Waals surface area contributed by atoms with Crippen LogP contribution in [0.2, 0.25) is 0 Å². The number of fused-ring (bicyclic) bond motifs is 4. The summed E-state index contributed by atoms with van der Waals surface area (Å²) in [5.74, 6) is 1.36. The van der Waals surface area contributed by atoms with Gasteiger partial charge >= 0.3 is 0 Å². The molecule has 36 heavy (non-hydrogen) atoms. The highest BCUT2D eigenvalue weighted by Gasteiger charge is 2.20. The number of para-hydroxylation sites is 2. The zero-order valence-corrected chi connectivity index (χ0v) is 20.7. The lowest BCUT2D eigenvalue weighted by atomic mass is 10.1. The fraction of sp³-hybridized carbons (Fsp3) is 0.333. The number of benzene rings is 2. The Morgan fingerprint density at radius 2 is 1.69 bits per heavy atom. The number of hydrogen-bond donors (Lipinski definition) is 0. The van der Waals surface area contributed by atoms with E-state index >= 15 is 0 Å². The number of aryl methyl sites for hydroxylation is 3. The molecule has 0 spiro atoms. The summed E-state index contributed by atoms with van der Waals surface area (Å²) < 4.78 is 19.9. The molecule has 0 saturated heterocycles. The molecule has 0 N–H and O–H groups in total. The molecular weight excluding hydrogens is 458 g/mol. The summed E-state index contributed by atoms with van der Waals surface area (Å²) >= 11 is 0. The maximum Gasteiger partial charge on any atom is 0.265 e. The van der Waals surface area contributed by atoms with E-state index in [9.17, 15) is 4.79 Å². The first-order valence-corrected chi connectivity index (χ1v) is 12.1. The topological polar surface area (TPSA) is 93.3 Å². The zero-order valence-electron chi connectivity index (χ0n) is 20.7. The standard InChI is InChI=1S/C27H29N5O4/c1-4-36-15-7-13-31-17-28-25-23(27(31)33)24-26(30-20-9-6-5-8-19(20)29-24)32(25)14-12-18-10-11-21(34-2)22(16-18)35-3/h5-6,8-11,16-17H,4,7,12-15H2,1-3H3. The average molecular weight is 488 g/mol. The summed E-state index contributed by atoms with van der Waals surface area (Å²) in [4.78, 5) is 28.0. The van der Waals surface area contributed by atoms with Crippen LogP contribution in [0.3, 0.4) is 0 Å². The van der Waals surface area contributed by atoms with Crippen molar-refractivity contribution in [1.29, 1.82) is 0 Å². The van der Waals surface area contributed by atoms with E-state index in [1.807, 2.05) is 54.0 Å². The summed E-state index contributed by atoms with van der Waals surface area (Å²) in [5, 5.41) is 0.495. The van der Waals surface area contributed by atoms with Crippen molar-refractivity contribution in [1.82, 2.24) is 24.1 Å². The van der Waals surface area contributed by atoms with E-state index in [1.165, 1.54) is 0 Å². The van der Waals surface area contributed by atoms with E-state index in [0.717, 1.165) is 23.0 Å². The van der Waals surface area contributed by atoms with Crippen LogP contribution in [0.1, 0.15) is 18.9 Å². The molecule has 9 nitrogen and oxygen atoms in total. The first-order chi connectivity index (χ1) is 17.6. The third kappa shape index (κ3) is 4.37. The van der Waals surface area contributed by atoms with E-state index in [2.05, 4.69) is 0 Å². The Bertz CT molecular complexity index is 1590. The highest BCUT2D eigenvalue weighted by atomic mass is 16.5. The molecule has 0 fully saturated rings. The van der Waals surface area contributed by atoms with E-state index < -0.39 is 0 Å². The zero-order chi connectivity index (χ0) is 25.1. The van der Waals surface area contributed by atoms with Gasteiger partial charge in [0.2, 0.25) is 0 Å². The van der Waals surface area contributed by atoms with Crippen LogP contribution in [0.25, 0.3) is 33.2 Å². The molecule has 0 aliphatic heterocycles. The van der Waals surface area contributed by atoms with Crippen LogP contribution in [0.5, 0.6) is 11.5 Å². The van der Waals surface area contributed by atoms with Crippen LogP contribution in [-0.4, -0.2) is 51.5 Å². The smallest absolute Gasteiger partial charge is 0.265 e. The summed E-state index contributed by atoms with van der Waals surface area (Å²) in [5.41, 5.74) is 4.30. The monoisotopic (exact) mass is 487 g/mol. The van der Waals surface area contributed by atoms with E-state index in [-0.39, 0.29) is 5.56 Å². The van der Waals surface area contributed by atoms with Gasteiger partial charge in [-0.25, -0.2) is 15.0 Å². The van der Waals surface area contributed by atoms with Gasteiger partial charge in [0.25, 0.3) is 5.56 Å². The second-order valence-corrected chi connectivity index (χ2v) is 8.47. The lowest BCUT2D eigenvalue weighted by Gasteiger charge is -2.11. The van der Waals surface area contributed by atoms with Gasteiger partial charge in [0.15, 0.2) is 22.8 Å². The maximum atomic E-state index is 13.6. The van der Waals surface area contributed by atoms with Crippen molar-refractivity contribution in [2.24, 2.45) is 0 Å². The van der Waals surface area contributed by atoms with Gasteiger partial charge in [-0.05, 0) is 49.6 Å². The molecule has 2 aromatic carbocycles. The number of ether oxygens (including phenoxy) is 3. The molecule has 3 heterocycles. The predicted molar refractivity (Wildman–Crippen MR) is 139 cm³/mol. The Kier molecular flexibility index (Phi) is 6.81. The lowest BCUT2D eigenvalue weighted by molar-refractivity contribution is 0.141. The molecular formula is C27H29N5O4. The third-order valence-corrected chi connectivity index (χ3v) is 6.28. The van der Waals surface area contributed by atoms with Gasteiger partial charge in [-0.15, -0.1) is 0 Å². The minimum atomic E-state index is -0.115. The van der Waals surface area contributed by atoms with Crippen LogP contribution in [0.4, 0.5) is 0 Å². The summed E-state index contributed by atoms with van der Waals surface area (Å²) in [6.45, 7) is 4.31. The quantitative estimate of drug-likeness (QED) is 0.275. The molecule has 9 heteroatoms. The number of rotatable bonds is 10. The summed E-state index contributed by atoms with van der Waals surface area (Å²) in [6, 6.07) is 13.6. The molecule has 0 unspecified atom stereocenters. The largest absolute Gasteiger partial charge is 0.493 e. The minimum Gasteiger partial charge on any atom is -0.493 e. The predicted octanol–water partition coefficient (Wildman–Crippen LogP) is 3.98. The van der Waals surface area contributed by atoms with E-state index in [1.54, 1.807) is 25.1 Å². The molecule has 0 amide bonds. The number of hydrogen-bond acceptors (Lipinski definition) is 7. The maximum absolute atomic E-state index is 13.6. The Labute approximate surface area is 208 Å². The molecule has 3 aromatic heterocycles. The molecule has 5 rings (SSSR count). The first-order valence-electron chi connectivity index (χ1n) is 12.1. The molecule has 0 radical (unpaired) electrons. The fourth-order valence-corrected chi connectivity index (χ4v) is 4.47. The number of aromatic nitrogens is 5. The van der Waals surface area contributed by atoms with Gasteiger partial charge in [-0.1, -0.05) is 18.2 Å². The fourth-order valence-electron chi connectivity index (χ4n) is 4.47. The third-order valence-electron chi connectivity index (χ3n) is 6.28. The van der Waals surface area contributed by atoms with Crippen LogP contribution >= 0.6 is 0 Å². The van der Waals surface area contributed by atoms with Crippen molar-refractivity contribution in [2.75, 3.05) is 27.4 Å². The number of methoxy groups -OCH3 is 2. The highest BCUT2D eigenvalue weighted by Crippen LogP contribution is 2.29. The van der Waals surface area contributed by atoms with Crippen molar-refractivity contribution in [3.05, 3.63) is 64.7 Å². The molecule has 5 aromatic rings.